The van der Waals surface area contributed by atoms with Gasteiger partial charge in [-0.15, -0.1) is 0 Å². The average Bonchev–Trinajstić information content (AvgIpc) is 2.91. The lowest BCUT2D eigenvalue weighted by Crippen LogP contribution is -2.30. The molecule has 6 heteroatoms. The summed E-state index contributed by atoms with van der Waals surface area (Å²) < 4.78 is 1.82. The number of hydrogen-bond donors (Lipinski definition) is 2. The first kappa shape index (κ1) is 15.5. The second-order valence-electron chi connectivity index (χ2n) is 4.87. The molecule has 0 fully saturated rings. The Morgan fingerprint density at radius 1 is 1.18 bits per heavy atom. The third-order valence-electron chi connectivity index (χ3n) is 3.22. The van der Waals surface area contributed by atoms with Gasteiger partial charge in [-0.25, -0.2) is 0 Å². The van der Waals surface area contributed by atoms with Crippen LogP contribution < -0.4 is 5.32 Å². The molecule has 114 valence electrons. The first-order valence-electron chi connectivity index (χ1n) is 6.71. The lowest BCUT2D eigenvalue weighted by molar-refractivity contribution is -0.137. The minimum Gasteiger partial charge on any atom is -0.480 e. The maximum Gasteiger partial charge on any atom is 0.322 e. The molecule has 2 aliphatic rings. The summed E-state index contributed by atoms with van der Waals surface area (Å²) in [4.78, 5) is 32.0. The van der Waals surface area contributed by atoms with Gasteiger partial charge in [0.25, 0.3) is 0 Å². The van der Waals surface area contributed by atoms with Crippen molar-refractivity contribution in [3.05, 3.63) is 59.4 Å². The largest absolute Gasteiger partial charge is 0.480 e. The van der Waals surface area contributed by atoms with Crippen LogP contribution in [0.15, 0.2) is 42.6 Å². The fourth-order valence-corrected chi connectivity index (χ4v) is 1.97. The van der Waals surface area contributed by atoms with Gasteiger partial charge in [0.15, 0.2) is 5.78 Å². The van der Waals surface area contributed by atoms with Crippen molar-refractivity contribution in [2.75, 3.05) is 6.54 Å². The van der Waals surface area contributed by atoms with Gasteiger partial charge in [-0.2, -0.15) is 0 Å². The van der Waals surface area contributed by atoms with E-state index in [1.807, 2.05) is 54.2 Å². The number of aliphatic carboxylic acids is 1. The molecule has 0 radical (unpaired) electrons. The fraction of sp³-hybridized carbons (Fsp3) is 0.188. The highest BCUT2D eigenvalue weighted by molar-refractivity contribution is 6.16. The van der Waals surface area contributed by atoms with E-state index in [4.69, 9.17) is 5.11 Å². The Bertz CT molecular complexity index is 690. The zero-order valence-corrected chi connectivity index (χ0v) is 12.1. The summed E-state index contributed by atoms with van der Waals surface area (Å²) in [6.07, 6.45) is 2.04. The van der Waals surface area contributed by atoms with E-state index in [9.17, 15) is 14.4 Å². The molecule has 2 aromatic rings. The number of fused-ring (bicyclic) bond motifs is 2. The summed E-state index contributed by atoms with van der Waals surface area (Å²) in [5.74, 6) is -1.12. The monoisotopic (exact) mass is 300 g/mol. The van der Waals surface area contributed by atoms with Crippen LogP contribution in [0.5, 0.6) is 0 Å². The zero-order valence-electron chi connectivity index (χ0n) is 12.1. The predicted octanol–water partition coefficient (Wildman–Crippen LogP) is 0.999. The third kappa shape index (κ3) is 3.82. The molecule has 0 spiro atoms. The Morgan fingerprint density at radius 2 is 1.86 bits per heavy atom. The molecule has 0 atom stereocenters. The molecular weight excluding hydrogens is 284 g/mol. The lowest BCUT2D eigenvalue weighted by Gasteiger charge is -2.10. The number of amides is 1. The summed E-state index contributed by atoms with van der Waals surface area (Å²) in [6, 6.07) is 11.1. The van der Waals surface area contributed by atoms with Gasteiger partial charge in [0, 0.05) is 30.1 Å². The highest BCUT2D eigenvalue weighted by Gasteiger charge is 2.17. The van der Waals surface area contributed by atoms with Crippen molar-refractivity contribution in [3.8, 4) is 0 Å². The first-order chi connectivity index (χ1) is 10.5. The standard InChI is InChI=1S/C9H12N2O3.C7H4O/c1-11-4-2-3-7(11)5-8(12)10-6-9(13)14;8-7-5-2-1-3-6(7)4-5/h2-4H,5-6H2,1H3,(H,10,12)(H,13,14);1-4H. The van der Waals surface area contributed by atoms with Gasteiger partial charge in [0.1, 0.15) is 6.54 Å². The molecule has 22 heavy (non-hydrogen) atoms. The van der Waals surface area contributed by atoms with Gasteiger partial charge < -0.3 is 15.0 Å². The molecule has 2 aliphatic carbocycles. The summed E-state index contributed by atoms with van der Waals surface area (Å²) in [7, 11) is 1.83. The number of aryl methyl sites for hydroxylation is 1. The molecule has 2 N–H and O–H groups in total. The number of ketones is 1. The molecule has 1 aromatic carbocycles. The molecule has 4 rings (SSSR count). The predicted molar refractivity (Wildman–Crippen MR) is 79.6 cm³/mol. The van der Waals surface area contributed by atoms with Crippen molar-refractivity contribution in [2.24, 2.45) is 7.05 Å². The van der Waals surface area contributed by atoms with Crippen LogP contribution in [0.3, 0.4) is 0 Å². The average molecular weight is 300 g/mol. The Morgan fingerprint density at radius 3 is 2.27 bits per heavy atom. The zero-order chi connectivity index (χ0) is 16.1. The Balaban J connectivity index is 0.000000183. The number of carbonyl (C=O) groups is 3. The van der Waals surface area contributed by atoms with E-state index in [0.29, 0.717) is 0 Å². The van der Waals surface area contributed by atoms with Crippen molar-refractivity contribution >= 4 is 17.7 Å². The van der Waals surface area contributed by atoms with Crippen molar-refractivity contribution in [2.45, 2.75) is 6.42 Å². The van der Waals surface area contributed by atoms with Gasteiger partial charge in [0.05, 0.1) is 6.42 Å². The van der Waals surface area contributed by atoms with Crippen LogP contribution in [0.4, 0.5) is 0 Å². The van der Waals surface area contributed by atoms with Crippen LogP contribution >= 0.6 is 0 Å². The van der Waals surface area contributed by atoms with Crippen LogP contribution in [-0.4, -0.2) is 33.9 Å². The number of benzene rings is 1. The van der Waals surface area contributed by atoms with Crippen LogP contribution in [-0.2, 0) is 23.1 Å². The van der Waals surface area contributed by atoms with E-state index in [2.05, 4.69) is 5.32 Å². The van der Waals surface area contributed by atoms with Gasteiger partial charge in [-0.3, -0.25) is 14.4 Å². The first-order valence-corrected chi connectivity index (χ1v) is 6.71. The quantitative estimate of drug-likeness (QED) is 0.752. The number of hydrogen-bond acceptors (Lipinski definition) is 3. The number of aromatic nitrogens is 1. The van der Waals surface area contributed by atoms with Gasteiger partial charge in [-0.05, 0) is 18.2 Å². The van der Waals surface area contributed by atoms with E-state index >= 15 is 0 Å². The molecule has 1 aromatic heterocycles. The SMILES string of the molecule is Cn1cccc1CC(=O)NCC(=O)O.O=C1c2cccc1c2. The minimum absolute atomic E-state index is 0.201. The molecule has 0 unspecified atom stereocenters. The Labute approximate surface area is 127 Å². The number of carbonyl (C=O) groups excluding carboxylic acids is 2. The summed E-state index contributed by atoms with van der Waals surface area (Å²) in [6.45, 7) is -0.330. The maximum absolute atomic E-state index is 11.2. The highest BCUT2D eigenvalue weighted by Crippen LogP contribution is 2.19. The smallest absolute Gasteiger partial charge is 0.322 e. The molecule has 2 bridgehead atoms. The van der Waals surface area contributed by atoms with Crippen LogP contribution in [0.1, 0.15) is 21.6 Å². The minimum atomic E-state index is -1.04. The van der Waals surface area contributed by atoms with Gasteiger partial charge >= 0.3 is 5.97 Å². The lowest BCUT2D eigenvalue weighted by atomic mass is 9.92. The molecule has 1 heterocycles. The molecule has 0 saturated heterocycles. The molecule has 1 amide bonds. The number of rotatable bonds is 4. The number of carboxylic acids is 1. The number of nitrogens with zero attached hydrogens (tertiary/aromatic N) is 1. The second-order valence-corrected chi connectivity index (χ2v) is 4.87. The second kappa shape index (κ2) is 6.71. The highest BCUT2D eigenvalue weighted by atomic mass is 16.4. The van der Waals surface area contributed by atoms with Crippen LogP contribution in [0.25, 0.3) is 0 Å². The normalized spacial score (nSPS) is 11.0. The van der Waals surface area contributed by atoms with Crippen LogP contribution in [0.2, 0.25) is 0 Å². The maximum atomic E-state index is 11.2. The molecule has 0 aliphatic heterocycles. The summed E-state index contributed by atoms with van der Waals surface area (Å²) in [5.41, 5.74) is 2.55. The topological polar surface area (TPSA) is 88.4 Å². The van der Waals surface area contributed by atoms with E-state index in [-0.39, 0.29) is 24.7 Å². The van der Waals surface area contributed by atoms with Crippen molar-refractivity contribution < 1.29 is 19.5 Å². The molecule has 0 saturated carbocycles. The van der Waals surface area contributed by atoms with Crippen molar-refractivity contribution in [1.82, 2.24) is 9.88 Å². The Kier molecular flexibility index (Phi) is 4.73. The summed E-state index contributed by atoms with van der Waals surface area (Å²) in [5, 5.41) is 10.6. The van der Waals surface area contributed by atoms with Gasteiger partial charge in [0.2, 0.25) is 5.91 Å². The van der Waals surface area contributed by atoms with E-state index in [0.717, 1.165) is 16.8 Å². The number of nitrogens with one attached hydrogen (secondary N) is 1. The third-order valence-corrected chi connectivity index (χ3v) is 3.22. The van der Waals surface area contributed by atoms with E-state index in [1.165, 1.54) is 0 Å². The Hall–Kier alpha value is -2.89. The van der Waals surface area contributed by atoms with Crippen molar-refractivity contribution in [1.29, 1.82) is 0 Å². The number of carboxylic acid groups (broad SMARTS) is 1. The van der Waals surface area contributed by atoms with Gasteiger partial charge in [-0.1, -0.05) is 18.2 Å². The molecule has 6 nitrogen and oxygen atoms in total. The van der Waals surface area contributed by atoms with Crippen molar-refractivity contribution in [3.63, 3.8) is 0 Å². The molecular formula is C16H16N2O4. The van der Waals surface area contributed by atoms with E-state index in [1.54, 1.807) is 0 Å². The summed E-state index contributed by atoms with van der Waals surface area (Å²) >= 11 is 0. The fourth-order valence-electron chi connectivity index (χ4n) is 1.97. The van der Waals surface area contributed by atoms with Crippen LogP contribution in [0, 0.1) is 0 Å². The van der Waals surface area contributed by atoms with E-state index < -0.39 is 5.97 Å².